The lowest BCUT2D eigenvalue weighted by Crippen LogP contribution is -2.30. The number of hydrogen-bond donors (Lipinski definition) is 1. The maximum atomic E-state index is 11.6. The molecule has 84 valence electrons. The Kier molecular flexibility index (Phi) is 3.79. The number of nitrogens with zero attached hydrogens (tertiary/aromatic N) is 2. The number of anilines is 1. The van der Waals surface area contributed by atoms with Gasteiger partial charge >= 0.3 is 0 Å². The first-order valence-corrected chi connectivity index (χ1v) is 5.99. The van der Waals surface area contributed by atoms with Crippen molar-refractivity contribution >= 4 is 17.6 Å². The molecule has 5 heteroatoms. The average Bonchev–Trinajstić information content (AvgIpc) is 2.20. The zero-order valence-electron chi connectivity index (χ0n) is 9.57. The fraction of sp³-hybridized carbons (Fsp3) is 0.600. The third kappa shape index (κ3) is 3.27. The molecule has 0 aliphatic heterocycles. The Hall–Kier alpha value is -0.970. The molecule has 1 heterocycles. The molecule has 1 aromatic heterocycles. The molecular weight excluding hydrogens is 210 g/mol. The van der Waals surface area contributed by atoms with Gasteiger partial charge in [-0.2, -0.15) is 11.8 Å². The Balaban J connectivity index is 2.75. The van der Waals surface area contributed by atoms with Crippen LogP contribution in [-0.4, -0.2) is 27.1 Å². The lowest BCUT2D eigenvalue weighted by atomic mass is 10.2. The highest BCUT2D eigenvalue weighted by Crippen LogP contribution is 2.20. The van der Waals surface area contributed by atoms with Gasteiger partial charge in [0.25, 0.3) is 5.56 Å². The van der Waals surface area contributed by atoms with Gasteiger partial charge in [0.05, 0.1) is 0 Å². The molecule has 0 saturated carbocycles. The normalized spacial score (nSPS) is 11.5. The van der Waals surface area contributed by atoms with Gasteiger partial charge in [-0.25, -0.2) is 4.98 Å². The standard InChI is InChI=1S/C10H17N3OS/c1-10(2,15-4)7-12-8-9(14)13(3)6-5-11-8/h5-6H,7H2,1-4H3,(H,11,12). The Morgan fingerprint density at radius 2 is 2.27 bits per heavy atom. The Bertz CT molecular complexity index is 386. The molecule has 0 aromatic carbocycles. The second kappa shape index (κ2) is 4.70. The topological polar surface area (TPSA) is 46.9 Å². The number of nitrogens with one attached hydrogen (secondary N) is 1. The van der Waals surface area contributed by atoms with E-state index in [0.717, 1.165) is 6.54 Å². The third-order valence-electron chi connectivity index (χ3n) is 2.25. The summed E-state index contributed by atoms with van der Waals surface area (Å²) in [5.74, 6) is 0.419. The van der Waals surface area contributed by atoms with Crippen LogP contribution in [0.4, 0.5) is 5.82 Å². The SMILES string of the molecule is CSC(C)(C)CNc1nccn(C)c1=O. The summed E-state index contributed by atoms with van der Waals surface area (Å²) in [5.41, 5.74) is -0.0885. The van der Waals surface area contributed by atoms with Gasteiger partial charge in [0, 0.05) is 30.7 Å². The second-order valence-corrected chi connectivity index (χ2v) is 5.52. The largest absolute Gasteiger partial charge is 0.364 e. The van der Waals surface area contributed by atoms with Crippen LogP contribution in [0.3, 0.4) is 0 Å². The molecule has 15 heavy (non-hydrogen) atoms. The minimum atomic E-state index is -0.0885. The van der Waals surface area contributed by atoms with Crippen molar-refractivity contribution in [1.29, 1.82) is 0 Å². The number of thioether (sulfide) groups is 1. The van der Waals surface area contributed by atoms with E-state index < -0.39 is 0 Å². The lowest BCUT2D eigenvalue weighted by molar-refractivity contribution is 0.743. The molecule has 0 aliphatic carbocycles. The van der Waals surface area contributed by atoms with Crippen LogP contribution in [0.5, 0.6) is 0 Å². The molecule has 1 N–H and O–H groups in total. The summed E-state index contributed by atoms with van der Waals surface area (Å²) in [6.07, 6.45) is 5.32. The Labute approximate surface area is 94.1 Å². The summed E-state index contributed by atoms with van der Waals surface area (Å²) in [6, 6.07) is 0. The van der Waals surface area contributed by atoms with Crippen LogP contribution in [-0.2, 0) is 7.05 Å². The van der Waals surface area contributed by atoms with E-state index in [9.17, 15) is 4.79 Å². The van der Waals surface area contributed by atoms with Gasteiger partial charge in [-0.05, 0) is 20.1 Å². The first-order chi connectivity index (χ1) is 6.96. The van der Waals surface area contributed by atoms with Crippen LogP contribution < -0.4 is 10.9 Å². The van der Waals surface area contributed by atoms with Gasteiger partial charge < -0.3 is 9.88 Å². The van der Waals surface area contributed by atoms with Gasteiger partial charge in [0.1, 0.15) is 0 Å². The monoisotopic (exact) mass is 227 g/mol. The van der Waals surface area contributed by atoms with E-state index in [2.05, 4.69) is 30.4 Å². The van der Waals surface area contributed by atoms with Gasteiger partial charge in [-0.1, -0.05) is 0 Å². The van der Waals surface area contributed by atoms with Crippen molar-refractivity contribution in [3.05, 3.63) is 22.7 Å². The second-order valence-electron chi connectivity index (χ2n) is 4.01. The molecular formula is C10H17N3OS. The van der Waals surface area contributed by atoms with Crippen molar-refractivity contribution in [1.82, 2.24) is 9.55 Å². The number of aromatic nitrogens is 2. The molecule has 1 aromatic rings. The van der Waals surface area contributed by atoms with Crippen LogP contribution in [0.15, 0.2) is 17.2 Å². The van der Waals surface area contributed by atoms with E-state index in [1.165, 1.54) is 4.57 Å². The predicted octanol–water partition coefficient (Wildman–Crippen LogP) is 1.33. The maximum absolute atomic E-state index is 11.6. The Morgan fingerprint density at radius 3 is 2.87 bits per heavy atom. The van der Waals surface area contributed by atoms with Crippen LogP contribution in [0.1, 0.15) is 13.8 Å². The minimum Gasteiger partial charge on any atom is -0.364 e. The number of hydrogen-bond acceptors (Lipinski definition) is 4. The molecule has 0 fully saturated rings. The van der Waals surface area contributed by atoms with Crippen molar-refractivity contribution < 1.29 is 0 Å². The highest BCUT2D eigenvalue weighted by Gasteiger charge is 2.16. The molecule has 0 saturated heterocycles. The third-order valence-corrected chi connectivity index (χ3v) is 3.50. The van der Waals surface area contributed by atoms with Crippen molar-refractivity contribution in [2.45, 2.75) is 18.6 Å². The van der Waals surface area contributed by atoms with E-state index in [1.807, 2.05) is 0 Å². The van der Waals surface area contributed by atoms with Crippen molar-refractivity contribution in [2.75, 3.05) is 18.1 Å². The Morgan fingerprint density at radius 1 is 1.60 bits per heavy atom. The zero-order valence-corrected chi connectivity index (χ0v) is 10.4. The molecule has 0 aliphatic rings. The fourth-order valence-corrected chi connectivity index (χ4v) is 1.20. The maximum Gasteiger partial charge on any atom is 0.293 e. The smallest absolute Gasteiger partial charge is 0.293 e. The summed E-state index contributed by atoms with van der Waals surface area (Å²) in [5, 5.41) is 3.08. The van der Waals surface area contributed by atoms with E-state index in [1.54, 1.807) is 31.2 Å². The summed E-state index contributed by atoms with van der Waals surface area (Å²) >= 11 is 1.76. The lowest BCUT2D eigenvalue weighted by Gasteiger charge is -2.22. The summed E-state index contributed by atoms with van der Waals surface area (Å²) in [7, 11) is 1.72. The molecule has 0 atom stereocenters. The number of aryl methyl sites for hydroxylation is 1. The van der Waals surface area contributed by atoms with Gasteiger partial charge in [-0.3, -0.25) is 4.79 Å². The van der Waals surface area contributed by atoms with Crippen molar-refractivity contribution in [2.24, 2.45) is 7.05 Å². The van der Waals surface area contributed by atoms with Crippen LogP contribution in [0, 0.1) is 0 Å². The van der Waals surface area contributed by atoms with Crippen LogP contribution in [0.2, 0.25) is 0 Å². The first kappa shape index (κ1) is 12.1. The van der Waals surface area contributed by atoms with Crippen molar-refractivity contribution in [3.63, 3.8) is 0 Å². The first-order valence-electron chi connectivity index (χ1n) is 4.77. The molecule has 4 nitrogen and oxygen atoms in total. The molecule has 0 spiro atoms. The van der Waals surface area contributed by atoms with Gasteiger partial charge in [0.15, 0.2) is 5.82 Å². The van der Waals surface area contributed by atoms with E-state index in [-0.39, 0.29) is 10.3 Å². The molecule has 0 bridgehead atoms. The minimum absolute atomic E-state index is 0.0885. The van der Waals surface area contributed by atoms with Gasteiger partial charge in [0.2, 0.25) is 0 Å². The molecule has 0 radical (unpaired) electrons. The van der Waals surface area contributed by atoms with Gasteiger partial charge in [-0.15, -0.1) is 0 Å². The van der Waals surface area contributed by atoms with Crippen LogP contribution in [0.25, 0.3) is 0 Å². The van der Waals surface area contributed by atoms with E-state index in [4.69, 9.17) is 0 Å². The number of rotatable bonds is 4. The van der Waals surface area contributed by atoms with Crippen molar-refractivity contribution in [3.8, 4) is 0 Å². The molecule has 0 unspecified atom stereocenters. The van der Waals surface area contributed by atoms with E-state index >= 15 is 0 Å². The molecule has 1 rings (SSSR count). The highest BCUT2D eigenvalue weighted by atomic mass is 32.2. The fourth-order valence-electron chi connectivity index (χ4n) is 0.988. The quantitative estimate of drug-likeness (QED) is 0.843. The summed E-state index contributed by atoms with van der Waals surface area (Å²) in [6.45, 7) is 4.97. The highest BCUT2D eigenvalue weighted by molar-refractivity contribution is 7.99. The zero-order chi connectivity index (χ0) is 11.5. The molecule has 0 amide bonds. The summed E-state index contributed by atoms with van der Waals surface area (Å²) in [4.78, 5) is 15.6. The summed E-state index contributed by atoms with van der Waals surface area (Å²) < 4.78 is 1.62. The predicted molar refractivity (Wildman–Crippen MR) is 65.6 cm³/mol. The van der Waals surface area contributed by atoms with E-state index in [0.29, 0.717) is 5.82 Å². The van der Waals surface area contributed by atoms with Crippen LogP contribution >= 0.6 is 11.8 Å². The average molecular weight is 227 g/mol.